The minimum absolute atomic E-state index is 0.0178. The normalized spacial score (nSPS) is 13.3. The van der Waals surface area contributed by atoms with Crippen LogP contribution in [0.3, 0.4) is 0 Å². The SMILES string of the molecule is C=C(CCCCCCCN(CCCCO)CCCCCCCC(=O)OCC(CCC(C)C)C(C)C)OCC(CCC(C)C)C(C)C. The zero-order chi connectivity index (χ0) is 34.6. The Kier molecular flexibility index (Phi) is 29.3. The fourth-order valence-corrected chi connectivity index (χ4v) is 5.99. The molecule has 0 bridgehead atoms. The van der Waals surface area contributed by atoms with Crippen LogP contribution in [0.1, 0.15) is 171 Å². The summed E-state index contributed by atoms with van der Waals surface area (Å²) in [7, 11) is 0. The lowest BCUT2D eigenvalue weighted by Crippen LogP contribution is -2.27. The molecule has 0 saturated carbocycles. The van der Waals surface area contributed by atoms with Crippen LogP contribution in [-0.4, -0.2) is 55.4 Å². The number of unbranched alkanes of at least 4 members (excludes halogenated alkanes) is 9. The van der Waals surface area contributed by atoms with E-state index in [1.54, 1.807) is 0 Å². The summed E-state index contributed by atoms with van der Waals surface area (Å²) in [6, 6.07) is 0. The van der Waals surface area contributed by atoms with Crippen molar-refractivity contribution in [2.45, 2.75) is 171 Å². The highest BCUT2D eigenvalue weighted by Gasteiger charge is 2.17. The van der Waals surface area contributed by atoms with Crippen molar-refractivity contribution in [1.29, 1.82) is 0 Å². The van der Waals surface area contributed by atoms with Crippen LogP contribution in [0.15, 0.2) is 12.3 Å². The lowest BCUT2D eigenvalue weighted by Gasteiger charge is -2.23. The number of aliphatic hydroxyl groups excluding tert-OH is 1. The highest BCUT2D eigenvalue weighted by atomic mass is 16.5. The van der Waals surface area contributed by atoms with Crippen molar-refractivity contribution in [3.8, 4) is 0 Å². The Morgan fingerprint density at radius 1 is 0.565 bits per heavy atom. The number of hydrogen-bond donors (Lipinski definition) is 1. The molecule has 0 rings (SSSR count). The maximum Gasteiger partial charge on any atom is 0.305 e. The summed E-state index contributed by atoms with van der Waals surface area (Å²) in [5.74, 6) is 4.72. The van der Waals surface area contributed by atoms with Gasteiger partial charge in [0.05, 0.1) is 19.0 Å². The maximum atomic E-state index is 12.3. The average Bonchev–Trinajstić information content (AvgIpc) is 2.99. The van der Waals surface area contributed by atoms with Gasteiger partial charge in [-0.2, -0.15) is 0 Å². The summed E-state index contributed by atoms with van der Waals surface area (Å²) < 4.78 is 11.7. The van der Waals surface area contributed by atoms with Crippen molar-refractivity contribution in [3.05, 3.63) is 12.3 Å². The van der Waals surface area contributed by atoms with E-state index < -0.39 is 0 Å². The summed E-state index contributed by atoms with van der Waals surface area (Å²) in [5.41, 5.74) is 0. The first-order valence-electron chi connectivity index (χ1n) is 19.8. The predicted octanol–water partition coefficient (Wildman–Crippen LogP) is 11.2. The third-order valence-electron chi connectivity index (χ3n) is 9.74. The van der Waals surface area contributed by atoms with E-state index in [4.69, 9.17) is 9.47 Å². The lowest BCUT2D eigenvalue weighted by molar-refractivity contribution is -0.145. The Labute approximate surface area is 288 Å². The van der Waals surface area contributed by atoms with Crippen LogP contribution in [0.25, 0.3) is 0 Å². The molecule has 46 heavy (non-hydrogen) atoms. The third-order valence-corrected chi connectivity index (χ3v) is 9.74. The van der Waals surface area contributed by atoms with Crippen molar-refractivity contribution >= 4 is 5.97 Å². The molecule has 1 N–H and O–H groups in total. The van der Waals surface area contributed by atoms with Gasteiger partial charge < -0.3 is 19.5 Å². The third kappa shape index (κ3) is 28.0. The smallest absolute Gasteiger partial charge is 0.305 e. The number of aliphatic hydroxyl groups is 1. The fourth-order valence-electron chi connectivity index (χ4n) is 5.99. The van der Waals surface area contributed by atoms with Gasteiger partial charge in [0.1, 0.15) is 0 Å². The first-order chi connectivity index (χ1) is 22.0. The summed E-state index contributed by atoms with van der Waals surface area (Å²) in [6.45, 7) is 27.5. The van der Waals surface area contributed by atoms with Crippen LogP contribution in [0, 0.1) is 35.5 Å². The van der Waals surface area contributed by atoms with Crippen molar-refractivity contribution in [1.82, 2.24) is 4.90 Å². The lowest BCUT2D eigenvalue weighted by atomic mass is 9.89. The molecule has 2 unspecified atom stereocenters. The Balaban J connectivity index is 4.05. The number of rotatable bonds is 33. The molecule has 5 nitrogen and oxygen atoms in total. The molecule has 0 heterocycles. The minimum Gasteiger partial charge on any atom is -0.498 e. The molecule has 2 atom stereocenters. The van der Waals surface area contributed by atoms with Gasteiger partial charge in [-0.25, -0.2) is 0 Å². The largest absolute Gasteiger partial charge is 0.498 e. The van der Waals surface area contributed by atoms with Crippen LogP contribution in [0.5, 0.6) is 0 Å². The number of nitrogens with zero attached hydrogens (tertiary/aromatic N) is 1. The standard InChI is InChI=1S/C41H81NO4/c1-34(2)24-26-39(36(5)6)32-45-38(9)22-16-12-10-14-18-28-42(30-20-21-31-43)29-19-15-11-13-17-23-41(44)46-33-40(37(7)8)27-25-35(3)4/h34-37,39-40,43H,9-33H2,1-8H3. The van der Waals surface area contributed by atoms with Gasteiger partial charge in [0, 0.05) is 19.4 Å². The highest BCUT2D eigenvalue weighted by Crippen LogP contribution is 2.23. The van der Waals surface area contributed by atoms with E-state index in [1.165, 1.54) is 70.6 Å². The number of carbonyl (C=O) groups is 1. The first-order valence-corrected chi connectivity index (χ1v) is 19.8. The molecule has 0 saturated heterocycles. The van der Waals surface area contributed by atoms with Gasteiger partial charge in [-0.3, -0.25) is 4.79 Å². The number of allylic oxidation sites excluding steroid dienone is 1. The molecule has 0 aliphatic heterocycles. The Bertz CT molecular complexity index is 651. The molecule has 0 aromatic carbocycles. The molecule has 0 radical (unpaired) electrons. The van der Waals surface area contributed by atoms with Gasteiger partial charge >= 0.3 is 5.97 Å². The maximum absolute atomic E-state index is 12.3. The van der Waals surface area contributed by atoms with Crippen molar-refractivity contribution in [3.63, 3.8) is 0 Å². The van der Waals surface area contributed by atoms with Crippen LogP contribution < -0.4 is 0 Å². The molecule has 0 spiro atoms. The second kappa shape index (κ2) is 30.0. The Morgan fingerprint density at radius 3 is 1.43 bits per heavy atom. The summed E-state index contributed by atoms with van der Waals surface area (Å²) >= 11 is 0. The molecule has 0 aliphatic rings. The number of carbonyl (C=O) groups excluding carboxylic acids is 1. The average molecular weight is 652 g/mol. The van der Waals surface area contributed by atoms with Gasteiger partial charge in [-0.1, -0.05) is 113 Å². The summed E-state index contributed by atoms with van der Waals surface area (Å²) in [5, 5.41) is 9.24. The molecule has 0 aliphatic carbocycles. The van der Waals surface area contributed by atoms with E-state index in [9.17, 15) is 9.90 Å². The Morgan fingerprint density at radius 2 is 0.978 bits per heavy atom. The molecule has 0 amide bonds. The monoisotopic (exact) mass is 652 g/mol. The minimum atomic E-state index is -0.0178. The van der Waals surface area contributed by atoms with Crippen molar-refractivity contribution < 1.29 is 19.4 Å². The molecule has 0 aromatic rings. The van der Waals surface area contributed by atoms with E-state index in [2.05, 4.69) is 66.9 Å². The van der Waals surface area contributed by atoms with E-state index >= 15 is 0 Å². The van der Waals surface area contributed by atoms with Gasteiger partial charge in [0.25, 0.3) is 0 Å². The molecule has 5 heteroatoms. The first kappa shape index (κ1) is 44.9. The molecule has 0 fully saturated rings. The van der Waals surface area contributed by atoms with E-state index in [-0.39, 0.29) is 12.6 Å². The van der Waals surface area contributed by atoms with Crippen LogP contribution in [0.4, 0.5) is 0 Å². The van der Waals surface area contributed by atoms with Crippen molar-refractivity contribution in [2.24, 2.45) is 35.5 Å². The second-order valence-electron chi connectivity index (χ2n) is 15.8. The molecular weight excluding hydrogens is 570 g/mol. The van der Waals surface area contributed by atoms with Crippen LogP contribution >= 0.6 is 0 Å². The fraction of sp³-hybridized carbons (Fsp3) is 0.927. The topological polar surface area (TPSA) is 59.0 Å². The quantitative estimate of drug-likeness (QED) is 0.0435. The number of ether oxygens (including phenoxy) is 2. The predicted molar refractivity (Wildman–Crippen MR) is 199 cm³/mol. The summed E-state index contributed by atoms with van der Waals surface area (Å²) in [6.07, 6.45) is 20.3. The van der Waals surface area contributed by atoms with Gasteiger partial charge in [-0.15, -0.1) is 0 Å². The number of esters is 1. The van der Waals surface area contributed by atoms with E-state index in [0.29, 0.717) is 42.6 Å². The molecular formula is C41H81NO4. The van der Waals surface area contributed by atoms with Gasteiger partial charge in [0.2, 0.25) is 0 Å². The zero-order valence-electron chi connectivity index (χ0n) is 32.3. The zero-order valence-corrected chi connectivity index (χ0v) is 32.3. The van der Waals surface area contributed by atoms with E-state index in [1.807, 2.05) is 0 Å². The Hall–Kier alpha value is -1.07. The number of hydrogen-bond acceptors (Lipinski definition) is 5. The van der Waals surface area contributed by atoms with Gasteiger partial charge in [0.15, 0.2) is 0 Å². The van der Waals surface area contributed by atoms with Crippen LogP contribution in [0.2, 0.25) is 0 Å². The summed E-state index contributed by atoms with van der Waals surface area (Å²) in [4.78, 5) is 14.9. The highest BCUT2D eigenvalue weighted by molar-refractivity contribution is 5.69. The van der Waals surface area contributed by atoms with Crippen molar-refractivity contribution in [2.75, 3.05) is 39.5 Å². The molecule has 274 valence electrons. The molecule has 0 aromatic heterocycles. The van der Waals surface area contributed by atoms with Crippen LogP contribution in [-0.2, 0) is 14.3 Å². The second-order valence-corrected chi connectivity index (χ2v) is 15.8. The van der Waals surface area contributed by atoms with Gasteiger partial charge in [-0.05, 0) is 107 Å². The van der Waals surface area contributed by atoms with E-state index in [0.717, 1.165) is 76.4 Å².